The van der Waals surface area contributed by atoms with Crippen LogP contribution in [0.4, 0.5) is 0 Å². The SMILES string of the molecule is CCc1ccc(C(=O)C(C)N2CCC(C)(C)C2)cc1. The molecule has 1 heterocycles. The van der Waals surface area contributed by atoms with Crippen molar-refractivity contribution in [3.05, 3.63) is 35.4 Å². The third kappa shape index (κ3) is 3.24. The van der Waals surface area contributed by atoms with Gasteiger partial charge in [-0.15, -0.1) is 0 Å². The Bertz CT molecular complexity index is 447. The first-order valence-electron chi connectivity index (χ1n) is 7.30. The topological polar surface area (TPSA) is 20.3 Å². The molecular weight excluding hydrogens is 234 g/mol. The van der Waals surface area contributed by atoms with Gasteiger partial charge < -0.3 is 0 Å². The normalized spacial score (nSPS) is 20.4. The summed E-state index contributed by atoms with van der Waals surface area (Å²) in [7, 11) is 0. The summed E-state index contributed by atoms with van der Waals surface area (Å²) in [6.07, 6.45) is 2.20. The van der Waals surface area contributed by atoms with E-state index in [9.17, 15) is 4.79 Å². The Hall–Kier alpha value is -1.15. The highest BCUT2D eigenvalue weighted by Gasteiger charge is 2.34. The van der Waals surface area contributed by atoms with Crippen molar-refractivity contribution < 1.29 is 4.79 Å². The van der Waals surface area contributed by atoms with Crippen molar-refractivity contribution in [2.45, 2.75) is 46.6 Å². The molecule has 1 aliphatic rings. The minimum atomic E-state index is -0.00532. The molecule has 2 nitrogen and oxygen atoms in total. The van der Waals surface area contributed by atoms with Crippen LogP contribution in [0.1, 0.15) is 50.0 Å². The highest BCUT2D eigenvalue weighted by molar-refractivity contribution is 5.99. The molecule has 104 valence electrons. The van der Waals surface area contributed by atoms with E-state index < -0.39 is 0 Å². The van der Waals surface area contributed by atoms with Crippen LogP contribution < -0.4 is 0 Å². The summed E-state index contributed by atoms with van der Waals surface area (Å²) < 4.78 is 0. The molecule has 0 N–H and O–H groups in total. The van der Waals surface area contributed by atoms with Gasteiger partial charge in [0.15, 0.2) is 5.78 Å². The lowest BCUT2D eigenvalue weighted by molar-refractivity contribution is 0.0857. The molecule has 0 radical (unpaired) electrons. The van der Waals surface area contributed by atoms with Gasteiger partial charge in [0.1, 0.15) is 0 Å². The van der Waals surface area contributed by atoms with Crippen LogP contribution in [0.25, 0.3) is 0 Å². The van der Waals surface area contributed by atoms with Gasteiger partial charge in [0.25, 0.3) is 0 Å². The van der Waals surface area contributed by atoms with Crippen molar-refractivity contribution in [3.63, 3.8) is 0 Å². The van der Waals surface area contributed by atoms with Crippen LogP contribution in [-0.4, -0.2) is 29.8 Å². The summed E-state index contributed by atoms with van der Waals surface area (Å²) >= 11 is 0. The third-order valence-corrected chi connectivity index (χ3v) is 4.28. The molecule has 2 rings (SSSR count). The Kier molecular flexibility index (Phi) is 4.10. The highest BCUT2D eigenvalue weighted by atomic mass is 16.1. The van der Waals surface area contributed by atoms with E-state index in [4.69, 9.17) is 0 Å². The number of benzene rings is 1. The van der Waals surface area contributed by atoms with Crippen molar-refractivity contribution in [1.29, 1.82) is 0 Å². The fraction of sp³-hybridized carbons (Fsp3) is 0.588. The number of likely N-dealkylation sites (tertiary alicyclic amines) is 1. The number of nitrogens with zero attached hydrogens (tertiary/aromatic N) is 1. The lowest BCUT2D eigenvalue weighted by atomic mass is 9.93. The number of ketones is 1. The van der Waals surface area contributed by atoms with E-state index in [1.54, 1.807) is 0 Å². The van der Waals surface area contributed by atoms with Crippen molar-refractivity contribution in [1.82, 2.24) is 4.90 Å². The molecular formula is C17H25NO. The number of hydrogen-bond acceptors (Lipinski definition) is 2. The predicted molar refractivity (Wildman–Crippen MR) is 79.6 cm³/mol. The Morgan fingerprint density at radius 3 is 2.42 bits per heavy atom. The highest BCUT2D eigenvalue weighted by Crippen LogP contribution is 2.30. The molecule has 0 saturated carbocycles. The molecule has 0 aromatic heterocycles. The van der Waals surface area contributed by atoms with Gasteiger partial charge >= 0.3 is 0 Å². The molecule has 1 saturated heterocycles. The van der Waals surface area contributed by atoms with E-state index in [0.717, 1.165) is 25.1 Å². The Morgan fingerprint density at radius 1 is 1.32 bits per heavy atom. The lowest BCUT2D eigenvalue weighted by Gasteiger charge is -2.25. The van der Waals surface area contributed by atoms with E-state index in [-0.39, 0.29) is 11.8 Å². The van der Waals surface area contributed by atoms with Crippen LogP contribution in [0.15, 0.2) is 24.3 Å². The van der Waals surface area contributed by atoms with Gasteiger partial charge in [0, 0.05) is 12.1 Å². The van der Waals surface area contributed by atoms with E-state index in [2.05, 4.69) is 37.8 Å². The standard InChI is InChI=1S/C17H25NO/c1-5-14-6-8-15(9-7-14)16(19)13(2)18-11-10-17(3,4)12-18/h6-9,13H,5,10-12H2,1-4H3. The predicted octanol–water partition coefficient (Wildman–Crippen LogP) is 3.55. The summed E-state index contributed by atoms with van der Waals surface area (Å²) in [6, 6.07) is 8.06. The van der Waals surface area contributed by atoms with Crippen LogP contribution in [0, 0.1) is 5.41 Å². The van der Waals surface area contributed by atoms with Crippen LogP contribution in [0.5, 0.6) is 0 Å². The molecule has 1 unspecified atom stereocenters. The lowest BCUT2D eigenvalue weighted by Crippen LogP contribution is -2.38. The minimum Gasteiger partial charge on any atom is -0.293 e. The first-order valence-corrected chi connectivity index (χ1v) is 7.30. The van der Waals surface area contributed by atoms with E-state index in [0.29, 0.717) is 5.41 Å². The van der Waals surface area contributed by atoms with Crippen molar-refractivity contribution in [3.8, 4) is 0 Å². The Morgan fingerprint density at radius 2 is 1.95 bits per heavy atom. The van der Waals surface area contributed by atoms with Gasteiger partial charge in [-0.2, -0.15) is 0 Å². The molecule has 0 aliphatic carbocycles. The first kappa shape index (κ1) is 14.3. The van der Waals surface area contributed by atoms with Gasteiger partial charge in [0.05, 0.1) is 6.04 Å². The van der Waals surface area contributed by atoms with Gasteiger partial charge in [-0.1, -0.05) is 45.0 Å². The van der Waals surface area contributed by atoms with Gasteiger partial charge in [-0.25, -0.2) is 0 Å². The average molecular weight is 259 g/mol. The zero-order valence-electron chi connectivity index (χ0n) is 12.6. The molecule has 0 amide bonds. The van der Waals surface area contributed by atoms with Gasteiger partial charge in [-0.3, -0.25) is 9.69 Å². The van der Waals surface area contributed by atoms with Crippen molar-refractivity contribution in [2.75, 3.05) is 13.1 Å². The molecule has 1 aromatic rings. The second-order valence-corrected chi connectivity index (χ2v) is 6.48. The molecule has 2 heteroatoms. The average Bonchev–Trinajstić information content (AvgIpc) is 2.77. The zero-order valence-corrected chi connectivity index (χ0v) is 12.6. The smallest absolute Gasteiger partial charge is 0.179 e. The molecule has 1 aliphatic heterocycles. The molecule has 0 spiro atoms. The van der Waals surface area contributed by atoms with E-state index >= 15 is 0 Å². The molecule has 1 aromatic carbocycles. The molecule has 0 bridgehead atoms. The number of hydrogen-bond donors (Lipinski definition) is 0. The summed E-state index contributed by atoms with van der Waals surface area (Å²) in [5, 5.41) is 0. The van der Waals surface area contributed by atoms with Crippen LogP contribution in [0.2, 0.25) is 0 Å². The fourth-order valence-electron chi connectivity index (χ4n) is 2.80. The van der Waals surface area contributed by atoms with Crippen LogP contribution in [0.3, 0.4) is 0 Å². The van der Waals surface area contributed by atoms with Crippen molar-refractivity contribution in [2.24, 2.45) is 5.41 Å². The first-order chi connectivity index (χ1) is 8.93. The van der Waals surface area contributed by atoms with E-state index in [1.807, 2.05) is 19.1 Å². The third-order valence-electron chi connectivity index (χ3n) is 4.28. The number of carbonyl (C=O) groups excluding carboxylic acids is 1. The maximum atomic E-state index is 12.5. The summed E-state index contributed by atoms with van der Waals surface area (Å²) in [4.78, 5) is 14.8. The largest absolute Gasteiger partial charge is 0.293 e. The zero-order chi connectivity index (χ0) is 14.0. The molecule has 1 atom stereocenters. The minimum absolute atomic E-state index is 0.00532. The van der Waals surface area contributed by atoms with Gasteiger partial charge in [0.2, 0.25) is 0 Å². The molecule has 19 heavy (non-hydrogen) atoms. The maximum Gasteiger partial charge on any atom is 0.179 e. The number of carbonyl (C=O) groups is 1. The second kappa shape index (κ2) is 5.46. The number of Topliss-reactive ketones (excluding diaryl/α,β-unsaturated/α-hetero) is 1. The van der Waals surface area contributed by atoms with Crippen LogP contribution in [-0.2, 0) is 6.42 Å². The summed E-state index contributed by atoms with van der Waals surface area (Å²) in [6.45, 7) is 10.8. The number of rotatable bonds is 4. The summed E-state index contributed by atoms with van der Waals surface area (Å²) in [5.74, 6) is 0.250. The quantitative estimate of drug-likeness (QED) is 0.771. The summed E-state index contributed by atoms with van der Waals surface area (Å²) in [5.41, 5.74) is 2.47. The van der Waals surface area contributed by atoms with Crippen LogP contribution >= 0.6 is 0 Å². The number of aryl methyl sites for hydroxylation is 1. The fourth-order valence-corrected chi connectivity index (χ4v) is 2.80. The van der Waals surface area contributed by atoms with E-state index in [1.165, 1.54) is 12.0 Å². The Labute approximate surface area is 116 Å². The van der Waals surface area contributed by atoms with Gasteiger partial charge in [-0.05, 0) is 37.3 Å². The monoisotopic (exact) mass is 259 g/mol. The molecule has 1 fully saturated rings. The maximum absolute atomic E-state index is 12.5. The Balaban J connectivity index is 2.06. The second-order valence-electron chi connectivity index (χ2n) is 6.48. The van der Waals surface area contributed by atoms with Crippen molar-refractivity contribution >= 4 is 5.78 Å².